The lowest BCUT2D eigenvalue weighted by Crippen LogP contribution is -2.30. The Morgan fingerprint density at radius 3 is 2.50 bits per heavy atom. The number of piperidine rings is 1. The van der Waals surface area contributed by atoms with Gasteiger partial charge in [-0.1, -0.05) is 12.1 Å². The molecular formula is C20H22N4O2S2. The van der Waals surface area contributed by atoms with Crippen LogP contribution in [0.4, 0.5) is 11.5 Å². The fourth-order valence-corrected chi connectivity index (χ4v) is 5.61. The Labute approximate surface area is 169 Å². The van der Waals surface area contributed by atoms with Gasteiger partial charge in [0.2, 0.25) is 0 Å². The van der Waals surface area contributed by atoms with Crippen LogP contribution in [-0.4, -0.2) is 31.7 Å². The largest absolute Gasteiger partial charge is 0.355 e. The third kappa shape index (κ3) is 4.18. The lowest BCUT2D eigenvalue weighted by molar-refractivity contribution is 0.571. The maximum absolute atomic E-state index is 12.5. The number of nitrogens with zero attached hydrogens (tertiary/aromatic N) is 3. The average molecular weight is 415 g/mol. The molecule has 3 aromatic rings. The molecule has 0 amide bonds. The summed E-state index contributed by atoms with van der Waals surface area (Å²) in [4.78, 5) is 3.21. The van der Waals surface area contributed by atoms with Crippen molar-refractivity contribution in [3.63, 3.8) is 0 Å². The van der Waals surface area contributed by atoms with Gasteiger partial charge >= 0.3 is 0 Å². The van der Waals surface area contributed by atoms with Crippen LogP contribution < -0.4 is 9.62 Å². The van der Waals surface area contributed by atoms with Crippen molar-refractivity contribution in [2.24, 2.45) is 0 Å². The zero-order valence-electron chi connectivity index (χ0n) is 15.6. The van der Waals surface area contributed by atoms with Gasteiger partial charge in [-0.15, -0.1) is 21.5 Å². The Kier molecular flexibility index (Phi) is 5.32. The topological polar surface area (TPSA) is 75.2 Å². The molecule has 0 bridgehead atoms. The lowest BCUT2D eigenvalue weighted by atomic mass is 10.1. The van der Waals surface area contributed by atoms with Crippen LogP contribution in [-0.2, 0) is 10.0 Å². The van der Waals surface area contributed by atoms with Crippen LogP contribution in [0.25, 0.3) is 11.3 Å². The van der Waals surface area contributed by atoms with Gasteiger partial charge in [-0.3, -0.25) is 4.72 Å². The molecule has 8 heteroatoms. The van der Waals surface area contributed by atoms with Crippen LogP contribution in [0.3, 0.4) is 0 Å². The number of benzene rings is 1. The Balaban J connectivity index is 1.53. The number of hydrogen-bond acceptors (Lipinski definition) is 6. The first kappa shape index (κ1) is 18.9. The van der Waals surface area contributed by atoms with E-state index in [0.29, 0.717) is 15.6 Å². The normalized spacial score (nSPS) is 14.8. The van der Waals surface area contributed by atoms with E-state index < -0.39 is 10.0 Å². The van der Waals surface area contributed by atoms with Crippen molar-refractivity contribution < 1.29 is 8.42 Å². The van der Waals surface area contributed by atoms with Crippen molar-refractivity contribution in [1.29, 1.82) is 0 Å². The van der Waals surface area contributed by atoms with Gasteiger partial charge in [0.15, 0.2) is 5.82 Å². The molecule has 3 heterocycles. The van der Waals surface area contributed by atoms with Gasteiger partial charge in [-0.2, -0.15) is 0 Å². The van der Waals surface area contributed by atoms with Crippen LogP contribution in [0, 0.1) is 6.92 Å². The highest BCUT2D eigenvalue weighted by Gasteiger charge is 2.17. The van der Waals surface area contributed by atoms with E-state index in [1.807, 2.05) is 31.2 Å². The summed E-state index contributed by atoms with van der Waals surface area (Å²) in [5, 5.41) is 8.73. The monoisotopic (exact) mass is 414 g/mol. The van der Waals surface area contributed by atoms with Crippen molar-refractivity contribution in [1.82, 2.24) is 10.2 Å². The molecule has 1 fully saturated rings. The van der Waals surface area contributed by atoms with E-state index in [1.54, 1.807) is 24.3 Å². The second-order valence-electron chi connectivity index (χ2n) is 6.88. The van der Waals surface area contributed by atoms with E-state index in [0.717, 1.165) is 29.3 Å². The van der Waals surface area contributed by atoms with Gasteiger partial charge < -0.3 is 4.90 Å². The molecule has 0 radical (unpaired) electrons. The van der Waals surface area contributed by atoms with Gasteiger partial charge in [0.1, 0.15) is 4.21 Å². The van der Waals surface area contributed by atoms with Crippen molar-refractivity contribution in [3.8, 4) is 11.3 Å². The number of aromatic nitrogens is 2. The molecule has 146 valence electrons. The number of nitrogens with one attached hydrogen (secondary N) is 1. The van der Waals surface area contributed by atoms with Crippen LogP contribution in [0.5, 0.6) is 0 Å². The molecule has 28 heavy (non-hydrogen) atoms. The molecule has 4 rings (SSSR count). The summed E-state index contributed by atoms with van der Waals surface area (Å²) >= 11 is 1.25. The minimum Gasteiger partial charge on any atom is -0.355 e. The number of rotatable bonds is 5. The summed E-state index contributed by atoms with van der Waals surface area (Å²) in [6, 6.07) is 14.6. The molecule has 1 aliphatic heterocycles. The molecule has 1 saturated heterocycles. The van der Waals surface area contributed by atoms with Gasteiger partial charge in [0, 0.05) is 29.2 Å². The molecule has 2 aromatic heterocycles. The van der Waals surface area contributed by atoms with Gasteiger partial charge in [-0.25, -0.2) is 8.42 Å². The third-order valence-corrected chi connectivity index (χ3v) is 7.60. The molecule has 0 unspecified atom stereocenters. The van der Waals surface area contributed by atoms with E-state index in [9.17, 15) is 8.42 Å². The maximum Gasteiger partial charge on any atom is 0.271 e. The Bertz CT molecular complexity index is 1060. The first-order valence-electron chi connectivity index (χ1n) is 9.30. The van der Waals surface area contributed by atoms with Crippen LogP contribution in [0.2, 0.25) is 0 Å². The molecule has 0 spiro atoms. The Hall–Kier alpha value is -2.45. The Morgan fingerprint density at radius 1 is 1.00 bits per heavy atom. The second kappa shape index (κ2) is 7.89. The molecule has 0 atom stereocenters. The third-order valence-electron chi connectivity index (χ3n) is 4.72. The number of anilines is 2. The molecule has 1 N–H and O–H groups in total. The Morgan fingerprint density at radius 2 is 1.82 bits per heavy atom. The summed E-state index contributed by atoms with van der Waals surface area (Å²) in [6.07, 6.45) is 3.65. The van der Waals surface area contributed by atoms with Crippen LogP contribution in [0.1, 0.15) is 24.1 Å². The highest BCUT2D eigenvalue weighted by Crippen LogP contribution is 2.26. The van der Waals surface area contributed by atoms with Crippen LogP contribution in [0.15, 0.2) is 52.7 Å². The van der Waals surface area contributed by atoms with Gasteiger partial charge in [0.25, 0.3) is 10.0 Å². The van der Waals surface area contributed by atoms with E-state index in [2.05, 4.69) is 19.8 Å². The first-order valence-corrected chi connectivity index (χ1v) is 11.6. The quantitative estimate of drug-likeness (QED) is 0.673. The lowest BCUT2D eigenvalue weighted by Gasteiger charge is -2.27. The summed E-state index contributed by atoms with van der Waals surface area (Å²) in [5.74, 6) is 0.897. The number of thiophene rings is 1. The SMILES string of the molecule is Cc1ccc(S(=O)(=O)Nc2cccc(-c3ccc(N4CCCCC4)nn3)c2)s1. The zero-order chi connectivity index (χ0) is 19.6. The predicted molar refractivity (Wildman–Crippen MR) is 113 cm³/mol. The molecule has 1 aliphatic rings. The van der Waals surface area contributed by atoms with Gasteiger partial charge in [0.05, 0.1) is 5.69 Å². The summed E-state index contributed by atoms with van der Waals surface area (Å²) in [7, 11) is -3.59. The zero-order valence-corrected chi connectivity index (χ0v) is 17.3. The molecular weight excluding hydrogens is 392 g/mol. The maximum atomic E-state index is 12.5. The van der Waals surface area contributed by atoms with E-state index in [4.69, 9.17) is 0 Å². The highest BCUT2D eigenvalue weighted by atomic mass is 32.2. The minimum atomic E-state index is -3.59. The average Bonchev–Trinajstić information content (AvgIpc) is 3.16. The summed E-state index contributed by atoms with van der Waals surface area (Å²) in [5.41, 5.74) is 2.04. The van der Waals surface area contributed by atoms with Gasteiger partial charge in [-0.05, 0) is 62.6 Å². The molecule has 1 aromatic carbocycles. The number of hydrogen-bond donors (Lipinski definition) is 1. The number of sulfonamides is 1. The van der Waals surface area contributed by atoms with Crippen molar-refractivity contribution in [2.45, 2.75) is 30.4 Å². The fraction of sp³-hybridized carbons (Fsp3) is 0.300. The van der Waals surface area contributed by atoms with E-state index in [-0.39, 0.29) is 0 Å². The molecule has 0 aliphatic carbocycles. The highest BCUT2D eigenvalue weighted by molar-refractivity contribution is 7.94. The van der Waals surface area contributed by atoms with Crippen molar-refractivity contribution >= 4 is 32.9 Å². The van der Waals surface area contributed by atoms with Crippen LogP contribution >= 0.6 is 11.3 Å². The molecule has 0 saturated carbocycles. The fourth-order valence-electron chi connectivity index (χ4n) is 3.27. The predicted octanol–water partition coefficient (Wildman–Crippen LogP) is 4.30. The van der Waals surface area contributed by atoms with Crippen molar-refractivity contribution in [2.75, 3.05) is 22.7 Å². The standard InChI is InChI=1S/C20H22N4O2S2/c1-15-8-11-20(27-15)28(25,26)23-17-7-5-6-16(14-17)18-9-10-19(22-21-18)24-12-3-2-4-13-24/h5-11,14,23H,2-4,12-13H2,1H3. The molecule has 6 nitrogen and oxygen atoms in total. The smallest absolute Gasteiger partial charge is 0.271 e. The second-order valence-corrected chi connectivity index (χ2v) is 10.1. The van der Waals surface area contributed by atoms with E-state index >= 15 is 0 Å². The summed E-state index contributed by atoms with van der Waals surface area (Å²) in [6.45, 7) is 3.93. The van der Waals surface area contributed by atoms with Crippen molar-refractivity contribution in [3.05, 3.63) is 53.4 Å². The number of aryl methyl sites for hydroxylation is 1. The van der Waals surface area contributed by atoms with E-state index in [1.165, 1.54) is 30.6 Å². The summed E-state index contributed by atoms with van der Waals surface area (Å²) < 4.78 is 28.1. The first-order chi connectivity index (χ1) is 13.5. The minimum absolute atomic E-state index is 0.307.